The lowest BCUT2D eigenvalue weighted by molar-refractivity contribution is -0.0735. The Morgan fingerprint density at radius 2 is 1.83 bits per heavy atom. The molecule has 2 heterocycles. The number of hydrogen-bond acceptors (Lipinski definition) is 6. The van der Waals surface area contributed by atoms with Gasteiger partial charge in [0.1, 0.15) is 12.9 Å². The second kappa shape index (κ2) is 12.2. The first-order valence-electron chi connectivity index (χ1n) is 10.3. The highest BCUT2D eigenvalue weighted by molar-refractivity contribution is 7.79. The van der Waals surface area contributed by atoms with E-state index in [-0.39, 0.29) is 24.9 Å². The molecule has 1 aliphatic carbocycles. The molecule has 8 heteroatoms. The molecule has 1 saturated heterocycles. The Kier molecular flexibility index (Phi) is 10.7. The predicted octanol–water partition coefficient (Wildman–Crippen LogP) is 5.27. The Balaban J connectivity index is 0.00000106. The summed E-state index contributed by atoms with van der Waals surface area (Å²) < 4.78 is 18.9. The predicted molar refractivity (Wildman–Crippen MR) is 126 cm³/mol. The topological polar surface area (TPSA) is 62.6 Å². The lowest BCUT2D eigenvalue weighted by atomic mass is 9.70. The van der Waals surface area contributed by atoms with Gasteiger partial charge in [0.2, 0.25) is 0 Å². The van der Waals surface area contributed by atoms with Gasteiger partial charge in [-0.15, -0.1) is 0 Å². The lowest BCUT2D eigenvalue weighted by Gasteiger charge is -2.44. The molecule has 0 aromatic carbocycles. The molecule has 30 heavy (non-hydrogen) atoms. The van der Waals surface area contributed by atoms with E-state index < -0.39 is 6.09 Å². The molecule has 0 radical (unpaired) electrons. The van der Waals surface area contributed by atoms with Crippen molar-refractivity contribution >= 4 is 25.8 Å². The maximum atomic E-state index is 11.9. The second-order valence-corrected chi connectivity index (χ2v) is 7.88. The van der Waals surface area contributed by atoms with Gasteiger partial charge in [0.05, 0.1) is 11.2 Å². The second-order valence-electron chi connectivity index (χ2n) is 7.88. The van der Waals surface area contributed by atoms with Gasteiger partial charge in [-0.2, -0.15) is 12.6 Å². The van der Waals surface area contributed by atoms with Gasteiger partial charge in [-0.25, -0.2) is 14.3 Å². The van der Waals surface area contributed by atoms with Crippen molar-refractivity contribution in [1.82, 2.24) is 9.55 Å². The zero-order valence-electron chi connectivity index (χ0n) is 19.2. The molecule has 2 aliphatic rings. The number of aromatic nitrogens is 2. The number of carbonyl (C=O) groups is 1. The van der Waals surface area contributed by atoms with Crippen LogP contribution < -0.4 is 0 Å². The van der Waals surface area contributed by atoms with Crippen LogP contribution in [-0.4, -0.2) is 46.8 Å². The molecule has 1 aliphatic heterocycles. The molecule has 0 saturated carbocycles. The number of thiol groups is 1. The Hall–Kier alpha value is -1.77. The fraction of sp³-hybridized carbons (Fsp3) is 0.545. The molecule has 0 spiro atoms. The highest BCUT2D eigenvalue weighted by Gasteiger charge is 2.44. The molecule has 1 aromatic heterocycles. The Morgan fingerprint density at radius 3 is 2.40 bits per heavy atom. The first-order valence-corrected chi connectivity index (χ1v) is 11.2. The minimum absolute atomic E-state index is 0.195. The molecular formula is C22H35BN2O4S. The third-order valence-electron chi connectivity index (χ3n) is 4.28. The summed E-state index contributed by atoms with van der Waals surface area (Å²) in [4.78, 5) is 15.7. The number of hydrogen-bond donors (Lipinski definition) is 1. The fourth-order valence-electron chi connectivity index (χ4n) is 3.41. The molecule has 0 amide bonds. The van der Waals surface area contributed by atoms with E-state index in [0.717, 1.165) is 23.9 Å². The summed E-state index contributed by atoms with van der Waals surface area (Å²) in [5.41, 5.74) is 1.48. The van der Waals surface area contributed by atoms with E-state index in [2.05, 4.69) is 45.3 Å². The van der Waals surface area contributed by atoms with Gasteiger partial charge in [0.15, 0.2) is 0 Å². The molecular weight excluding hydrogens is 399 g/mol. The van der Waals surface area contributed by atoms with Crippen molar-refractivity contribution in [3.8, 4) is 0 Å². The maximum Gasteiger partial charge on any atom is 0.490 e. The average molecular weight is 434 g/mol. The number of imidazole rings is 1. The van der Waals surface area contributed by atoms with E-state index >= 15 is 0 Å². The van der Waals surface area contributed by atoms with Crippen LogP contribution in [0.25, 0.3) is 0 Å². The summed E-state index contributed by atoms with van der Waals surface area (Å²) in [5, 5.41) is 0. The fourth-order valence-corrected chi connectivity index (χ4v) is 3.41. The van der Waals surface area contributed by atoms with Crippen LogP contribution in [0.1, 0.15) is 54.4 Å². The minimum Gasteiger partial charge on any atom is -0.444 e. The van der Waals surface area contributed by atoms with Crippen LogP contribution in [0.4, 0.5) is 4.79 Å². The molecule has 6 nitrogen and oxygen atoms in total. The number of ether oxygens (including phenoxy) is 1. The van der Waals surface area contributed by atoms with E-state index in [1.165, 1.54) is 17.1 Å². The first-order chi connectivity index (χ1) is 14.2. The standard InChI is InChI=1S/C19H25BN2O4.C2H6.CH4S/c1-18(2)13-19(3,4)26-20(25-18)16-7-5-6-15(8-9-16)12-24-17(23)22-11-10-21-14-22;2*1-2/h5-6,8-11,14H,7,12-13H2,1-4H3;1-2H3;2H,1H3. The van der Waals surface area contributed by atoms with Gasteiger partial charge >= 0.3 is 13.2 Å². The molecule has 0 N–H and O–H groups in total. The van der Waals surface area contributed by atoms with E-state index in [9.17, 15) is 4.79 Å². The van der Waals surface area contributed by atoms with Gasteiger partial charge in [0.25, 0.3) is 0 Å². The van der Waals surface area contributed by atoms with Gasteiger partial charge in [-0.3, -0.25) is 0 Å². The van der Waals surface area contributed by atoms with Crippen molar-refractivity contribution < 1.29 is 18.8 Å². The van der Waals surface area contributed by atoms with E-state index in [0.29, 0.717) is 0 Å². The van der Waals surface area contributed by atoms with Crippen LogP contribution in [0.5, 0.6) is 0 Å². The maximum absolute atomic E-state index is 11.9. The number of rotatable bonds is 3. The number of allylic oxidation sites excluding steroid dienone is 4. The summed E-state index contributed by atoms with van der Waals surface area (Å²) in [6, 6.07) is 0. The van der Waals surface area contributed by atoms with Gasteiger partial charge in [0, 0.05) is 18.8 Å². The van der Waals surface area contributed by atoms with E-state index in [4.69, 9.17) is 14.0 Å². The number of carbonyl (C=O) groups excluding carboxylic acids is 1. The summed E-state index contributed by atoms with van der Waals surface area (Å²) in [6.07, 6.45) is 15.3. The smallest absolute Gasteiger partial charge is 0.444 e. The highest BCUT2D eigenvalue weighted by Crippen LogP contribution is 2.35. The van der Waals surface area contributed by atoms with Crippen molar-refractivity contribution in [1.29, 1.82) is 0 Å². The van der Waals surface area contributed by atoms with Crippen LogP contribution in [0.15, 0.2) is 54.1 Å². The quantitative estimate of drug-likeness (QED) is 0.519. The molecule has 0 unspecified atom stereocenters. The van der Waals surface area contributed by atoms with Crippen molar-refractivity contribution in [2.75, 3.05) is 12.9 Å². The monoisotopic (exact) mass is 434 g/mol. The first kappa shape index (κ1) is 26.3. The minimum atomic E-state index is -0.451. The third-order valence-corrected chi connectivity index (χ3v) is 4.28. The zero-order chi connectivity index (χ0) is 22.8. The average Bonchev–Trinajstić information content (AvgIpc) is 3.13. The van der Waals surface area contributed by atoms with Crippen molar-refractivity contribution in [3.05, 3.63) is 54.1 Å². The Bertz CT molecular complexity index is 739. The van der Waals surface area contributed by atoms with Crippen LogP contribution in [0, 0.1) is 0 Å². The molecule has 1 aromatic rings. The number of nitrogens with zero attached hydrogens (tertiary/aromatic N) is 2. The Labute approximate surface area is 186 Å². The normalized spacial score (nSPS) is 19.1. The summed E-state index contributed by atoms with van der Waals surface area (Å²) >= 11 is 3.53. The van der Waals surface area contributed by atoms with Crippen molar-refractivity contribution in [2.45, 2.75) is 65.6 Å². The summed E-state index contributed by atoms with van der Waals surface area (Å²) in [5.74, 6) is 0. The molecule has 3 rings (SSSR count). The molecule has 166 valence electrons. The zero-order valence-corrected chi connectivity index (χ0v) is 20.1. The largest absolute Gasteiger partial charge is 0.490 e. The van der Waals surface area contributed by atoms with E-state index in [1.54, 1.807) is 12.5 Å². The van der Waals surface area contributed by atoms with Crippen LogP contribution >= 0.6 is 12.6 Å². The lowest BCUT2D eigenvalue weighted by Crippen LogP contribution is -2.52. The van der Waals surface area contributed by atoms with Crippen LogP contribution in [-0.2, 0) is 14.0 Å². The van der Waals surface area contributed by atoms with Crippen molar-refractivity contribution in [3.63, 3.8) is 0 Å². The highest BCUT2D eigenvalue weighted by atomic mass is 32.1. The van der Waals surface area contributed by atoms with Crippen LogP contribution in [0.3, 0.4) is 0 Å². The molecule has 0 bridgehead atoms. The van der Waals surface area contributed by atoms with Gasteiger partial charge in [-0.1, -0.05) is 38.2 Å². The summed E-state index contributed by atoms with van der Waals surface area (Å²) in [7, 11) is -0.373. The van der Waals surface area contributed by atoms with Gasteiger partial charge < -0.3 is 14.0 Å². The SMILES string of the molecule is CC.CC1(C)CC(C)(C)OB(C2=CC=C(COC(=O)n3ccnc3)C=CC2)O1.CS. The van der Waals surface area contributed by atoms with E-state index in [1.807, 2.05) is 38.2 Å². The Morgan fingerprint density at radius 1 is 1.20 bits per heavy atom. The molecule has 1 fully saturated rings. The third kappa shape index (κ3) is 8.16. The summed E-state index contributed by atoms with van der Waals surface area (Å²) in [6.45, 7) is 12.6. The molecule has 0 atom stereocenters. The van der Waals surface area contributed by atoms with Crippen LogP contribution in [0.2, 0.25) is 0 Å². The van der Waals surface area contributed by atoms with Gasteiger partial charge in [-0.05, 0) is 51.4 Å². The van der Waals surface area contributed by atoms with Crippen molar-refractivity contribution in [2.24, 2.45) is 0 Å².